The predicted octanol–water partition coefficient (Wildman–Crippen LogP) is 1.83. The van der Waals surface area contributed by atoms with Crippen molar-refractivity contribution in [2.24, 2.45) is 5.73 Å². The minimum Gasteiger partial charge on any atom is -0.494 e. The number of aromatic nitrogens is 1. The number of amides is 1. The minimum absolute atomic E-state index is 0.160. The Labute approximate surface area is 120 Å². The van der Waals surface area contributed by atoms with Crippen molar-refractivity contribution in [3.05, 3.63) is 35.4 Å². The molecular formula is C13H16N4O2S. The van der Waals surface area contributed by atoms with Crippen molar-refractivity contribution in [1.82, 2.24) is 4.37 Å². The molecule has 0 unspecified atom stereocenters. The summed E-state index contributed by atoms with van der Waals surface area (Å²) in [6.07, 6.45) is 0. The third-order valence-electron chi connectivity index (χ3n) is 2.63. The third-order valence-corrected chi connectivity index (χ3v) is 3.45. The van der Waals surface area contributed by atoms with E-state index in [1.54, 1.807) is 0 Å². The molecule has 0 atom stereocenters. The van der Waals surface area contributed by atoms with E-state index in [4.69, 9.17) is 16.2 Å². The fraction of sp³-hybridized carbons (Fsp3) is 0.231. The Morgan fingerprint density at radius 1 is 1.50 bits per heavy atom. The summed E-state index contributed by atoms with van der Waals surface area (Å²) in [6.45, 7) is 3.08. The van der Waals surface area contributed by atoms with Crippen molar-refractivity contribution < 1.29 is 9.53 Å². The van der Waals surface area contributed by atoms with Gasteiger partial charge in [0.1, 0.15) is 16.3 Å². The largest absolute Gasteiger partial charge is 0.494 e. The molecule has 0 fully saturated rings. The van der Waals surface area contributed by atoms with Crippen LogP contribution in [0, 0.1) is 0 Å². The average molecular weight is 292 g/mol. The number of nitrogens with zero attached hydrogens (tertiary/aromatic N) is 1. The van der Waals surface area contributed by atoms with Crippen LogP contribution in [0.1, 0.15) is 22.8 Å². The molecule has 20 heavy (non-hydrogen) atoms. The van der Waals surface area contributed by atoms with E-state index < -0.39 is 5.91 Å². The van der Waals surface area contributed by atoms with Crippen LogP contribution >= 0.6 is 11.5 Å². The fourth-order valence-corrected chi connectivity index (χ4v) is 2.47. The molecule has 2 aromatic rings. The highest BCUT2D eigenvalue weighted by atomic mass is 32.1. The predicted molar refractivity (Wildman–Crippen MR) is 80.0 cm³/mol. The number of carbonyl (C=O) groups excluding carboxylic acids is 1. The first-order chi connectivity index (χ1) is 9.61. The number of anilines is 2. The van der Waals surface area contributed by atoms with E-state index >= 15 is 0 Å². The number of nitrogens with two attached hydrogens (primary N) is 2. The van der Waals surface area contributed by atoms with Gasteiger partial charge >= 0.3 is 0 Å². The standard InChI is InChI=1S/C13H16N4O2S/c1-2-19-9-5-3-4-8(6-9)7-16-13-10(12(15)18)11(14)17-20-13/h3-6,16H,2,7H2,1H3,(H2,14,17)(H2,15,18). The molecule has 1 heterocycles. The van der Waals surface area contributed by atoms with Gasteiger partial charge in [0.25, 0.3) is 5.91 Å². The molecule has 2 rings (SSSR count). The SMILES string of the molecule is CCOc1cccc(CNc2snc(N)c2C(N)=O)c1. The second-order valence-electron chi connectivity index (χ2n) is 4.07. The number of primary amides is 1. The molecule has 6 nitrogen and oxygen atoms in total. The molecular weight excluding hydrogens is 276 g/mol. The van der Waals surface area contributed by atoms with Gasteiger partial charge < -0.3 is 21.5 Å². The van der Waals surface area contributed by atoms with Crippen molar-refractivity contribution in [3.63, 3.8) is 0 Å². The molecule has 106 valence electrons. The first-order valence-electron chi connectivity index (χ1n) is 6.12. The van der Waals surface area contributed by atoms with Crippen molar-refractivity contribution in [1.29, 1.82) is 0 Å². The van der Waals surface area contributed by atoms with Crippen LogP contribution in [0.25, 0.3) is 0 Å². The van der Waals surface area contributed by atoms with Gasteiger partial charge in [0, 0.05) is 6.54 Å². The van der Waals surface area contributed by atoms with Crippen LogP contribution in [-0.4, -0.2) is 16.9 Å². The first-order valence-corrected chi connectivity index (χ1v) is 6.89. The quantitative estimate of drug-likeness (QED) is 0.753. The summed E-state index contributed by atoms with van der Waals surface area (Å²) in [4.78, 5) is 11.3. The zero-order chi connectivity index (χ0) is 14.5. The van der Waals surface area contributed by atoms with Gasteiger partial charge in [0.05, 0.1) is 6.61 Å². The lowest BCUT2D eigenvalue weighted by Crippen LogP contribution is -2.14. The van der Waals surface area contributed by atoms with Gasteiger partial charge in [-0.05, 0) is 36.2 Å². The van der Waals surface area contributed by atoms with Crippen LogP contribution in [-0.2, 0) is 6.54 Å². The number of carbonyl (C=O) groups is 1. The second kappa shape index (κ2) is 6.25. The van der Waals surface area contributed by atoms with Crippen molar-refractivity contribution >= 4 is 28.3 Å². The van der Waals surface area contributed by atoms with Crippen molar-refractivity contribution in [3.8, 4) is 5.75 Å². The Hall–Kier alpha value is -2.28. The molecule has 0 radical (unpaired) electrons. The van der Waals surface area contributed by atoms with Gasteiger partial charge in [0.2, 0.25) is 0 Å². The number of ether oxygens (including phenoxy) is 1. The lowest BCUT2D eigenvalue weighted by Gasteiger charge is -2.08. The molecule has 0 aliphatic heterocycles. The van der Waals surface area contributed by atoms with Crippen molar-refractivity contribution in [2.75, 3.05) is 17.7 Å². The van der Waals surface area contributed by atoms with Crippen molar-refractivity contribution in [2.45, 2.75) is 13.5 Å². The maximum atomic E-state index is 11.3. The summed E-state index contributed by atoms with van der Waals surface area (Å²) in [5.41, 5.74) is 12.2. The summed E-state index contributed by atoms with van der Waals surface area (Å²) in [7, 11) is 0. The molecule has 0 spiro atoms. The van der Waals surface area contributed by atoms with Gasteiger partial charge in [-0.1, -0.05) is 12.1 Å². The van der Waals surface area contributed by atoms with E-state index in [1.807, 2.05) is 31.2 Å². The van der Waals surface area contributed by atoms with Crippen LogP contribution in [0.4, 0.5) is 10.8 Å². The lowest BCUT2D eigenvalue weighted by molar-refractivity contribution is 0.100. The number of benzene rings is 1. The number of nitrogen functional groups attached to an aromatic ring is 1. The average Bonchev–Trinajstić information content (AvgIpc) is 2.78. The number of hydrogen-bond acceptors (Lipinski definition) is 6. The molecule has 0 aliphatic rings. The Kier molecular flexibility index (Phi) is 4.41. The molecule has 0 saturated carbocycles. The number of rotatable bonds is 6. The van der Waals surface area contributed by atoms with E-state index in [-0.39, 0.29) is 11.4 Å². The highest BCUT2D eigenvalue weighted by Gasteiger charge is 2.16. The molecule has 1 aromatic carbocycles. The molecule has 7 heteroatoms. The first kappa shape index (κ1) is 14.1. The Bertz CT molecular complexity index is 612. The smallest absolute Gasteiger partial charge is 0.255 e. The highest BCUT2D eigenvalue weighted by molar-refractivity contribution is 7.11. The van der Waals surface area contributed by atoms with E-state index in [0.29, 0.717) is 18.2 Å². The van der Waals surface area contributed by atoms with Gasteiger partial charge in [-0.2, -0.15) is 4.37 Å². The van der Waals surface area contributed by atoms with Crippen LogP contribution in [0.15, 0.2) is 24.3 Å². The van der Waals surface area contributed by atoms with Crippen LogP contribution in [0.5, 0.6) is 5.75 Å². The zero-order valence-corrected chi connectivity index (χ0v) is 11.9. The summed E-state index contributed by atoms with van der Waals surface area (Å²) >= 11 is 1.12. The summed E-state index contributed by atoms with van der Waals surface area (Å²) in [6, 6.07) is 7.71. The normalized spacial score (nSPS) is 10.2. The van der Waals surface area contributed by atoms with E-state index in [9.17, 15) is 4.79 Å². The Balaban J connectivity index is 2.09. The van der Waals surface area contributed by atoms with Gasteiger partial charge in [-0.3, -0.25) is 4.79 Å². The maximum absolute atomic E-state index is 11.3. The van der Waals surface area contributed by atoms with Gasteiger partial charge in [0.15, 0.2) is 5.82 Å². The molecule has 1 amide bonds. The van der Waals surface area contributed by atoms with E-state index in [0.717, 1.165) is 22.8 Å². The molecule has 1 aromatic heterocycles. The number of nitrogens with one attached hydrogen (secondary N) is 1. The second-order valence-corrected chi connectivity index (χ2v) is 4.84. The molecule has 5 N–H and O–H groups in total. The topological polar surface area (TPSA) is 103 Å². The van der Waals surface area contributed by atoms with Crippen LogP contribution in [0.2, 0.25) is 0 Å². The number of hydrogen-bond donors (Lipinski definition) is 3. The Morgan fingerprint density at radius 2 is 2.30 bits per heavy atom. The third kappa shape index (κ3) is 3.18. The zero-order valence-electron chi connectivity index (χ0n) is 11.1. The minimum atomic E-state index is -0.582. The fourth-order valence-electron chi connectivity index (χ4n) is 1.76. The highest BCUT2D eigenvalue weighted by Crippen LogP contribution is 2.26. The maximum Gasteiger partial charge on any atom is 0.255 e. The van der Waals surface area contributed by atoms with E-state index in [1.165, 1.54) is 0 Å². The summed E-state index contributed by atoms with van der Waals surface area (Å²) in [5, 5.41) is 3.70. The molecule has 0 aliphatic carbocycles. The monoisotopic (exact) mass is 292 g/mol. The summed E-state index contributed by atoms with van der Waals surface area (Å²) in [5.74, 6) is 0.389. The Morgan fingerprint density at radius 3 is 3.00 bits per heavy atom. The molecule has 0 bridgehead atoms. The van der Waals surface area contributed by atoms with Gasteiger partial charge in [-0.25, -0.2) is 0 Å². The van der Waals surface area contributed by atoms with Crippen LogP contribution in [0.3, 0.4) is 0 Å². The van der Waals surface area contributed by atoms with Crippen LogP contribution < -0.4 is 21.5 Å². The van der Waals surface area contributed by atoms with E-state index in [2.05, 4.69) is 9.69 Å². The lowest BCUT2D eigenvalue weighted by atomic mass is 10.2. The molecule has 0 saturated heterocycles. The van der Waals surface area contributed by atoms with Gasteiger partial charge in [-0.15, -0.1) is 0 Å². The summed E-state index contributed by atoms with van der Waals surface area (Å²) < 4.78 is 9.36.